The van der Waals surface area contributed by atoms with Gasteiger partial charge in [-0.3, -0.25) is 0 Å². The Hall–Kier alpha value is -1.60. The minimum atomic E-state index is -0.385. The number of hydrogen-bond donors (Lipinski definition) is 0. The van der Waals surface area contributed by atoms with Gasteiger partial charge >= 0.3 is 0 Å². The summed E-state index contributed by atoms with van der Waals surface area (Å²) in [7, 11) is 3.41. The molecule has 1 unspecified atom stereocenters. The molecule has 0 aliphatic rings. The lowest BCUT2D eigenvalue weighted by atomic mass is 10.2. The Bertz CT molecular complexity index is 400. The SMILES string of the molecule is COCC(C)N(C)c1ccc(C#N)cc1F. The number of benzene rings is 1. The van der Waals surface area contributed by atoms with Gasteiger partial charge in [-0.15, -0.1) is 0 Å². The smallest absolute Gasteiger partial charge is 0.147 e. The molecule has 1 aromatic carbocycles. The molecule has 3 nitrogen and oxygen atoms in total. The van der Waals surface area contributed by atoms with Crippen molar-refractivity contribution in [1.29, 1.82) is 5.26 Å². The second kappa shape index (κ2) is 5.47. The molecule has 0 fully saturated rings. The van der Waals surface area contributed by atoms with Crippen molar-refractivity contribution >= 4 is 5.69 Å². The van der Waals surface area contributed by atoms with E-state index in [2.05, 4.69) is 0 Å². The number of rotatable bonds is 4. The summed E-state index contributed by atoms with van der Waals surface area (Å²) in [4.78, 5) is 1.79. The van der Waals surface area contributed by atoms with Crippen LogP contribution in [0, 0.1) is 17.1 Å². The van der Waals surface area contributed by atoms with Gasteiger partial charge in [-0.1, -0.05) is 0 Å². The highest BCUT2D eigenvalue weighted by atomic mass is 19.1. The molecule has 4 heteroatoms. The lowest BCUT2D eigenvalue weighted by molar-refractivity contribution is 0.183. The number of nitrogens with zero attached hydrogens (tertiary/aromatic N) is 2. The Kier molecular flexibility index (Phi) is 4.27. The summed E-state index contributed by atoms with van der Waals surface area (Å²) in [6, 6.07) is 6.44. The molecule has 1 rings (SSSR count). The fourth-order valence-corrected chi connectivity index (χ4v) is 1.45. The van der Waals surface area contributed by atoms with Gasteiger partial charge in [0.05, 0.1) is 23.9 Å². The Morgan fingerprint density at radius 1 is 1.56 bits per heavy atom. The van der Waals surface area contributed by atoms with Crippen molar-refractivity contribution in [2.24, 2.45) is 0 Å². The first-order chi connectivity index (χ1) is 7.60. The van der Waals surface area contributed by atoms with E-state index in [1.54, 1.807) is 31.2 Å². The molecule has 0 saturated heterocycles. The first-order valence-corrected chi connectivity index (χ1v) is 5.01. The number of ether oxygens (including phenoxy) is 1. The number of anilines is 1. The van der Waals surface area contributed by atoms with E-state index in [4.69, 9.17) is 10.00 Å². The summed E-state index contributed by atoms with van der Waals surface area (Å²) >= 11 is 0. The highest BCUT2D eigenvalue weighted by molar-refractivity contribution is 5.51. The Labute approximate surface area is 95.1 Å². The number of methoxy groups -OCH3 is 1. The molecule has 0 spiro atoms. The molecule has 0 aliphatic carbocycles. The molecule has 1 aromatic rings. The van der Waals surface area contributed by atoms with Crippen LogP contribution in [0.1, 0.15) is 12.5 Å². The third-order valence-corrected chi connectivity index (χ3v) is 2.53. The molecule has 0 bridgehead atoms. The van der Waals surface area contributed by atoms with Crippen LogP contribution in [-0.2, 0) is 4.74 Å². The fourth-order valence-electron chi connectivity index (χ4n) is 1.45. The molecule has 0 amide bonds. The number of halogens is 1. The molecule has 1 atom stereocenters. The largest absolute Gasteiger partial charge is 0.383 e. The lowest BCUT2D eigenvalue weighted by Crippen LogP contribution is -2.33. The maximum Gasteiger partial charge on any atom is 0.147 e. The zero-order valence-electron chi connectivity index (χ0n) is 9.70. The number of likely N-dealkylation sites (N-methyl/N-ethyl adjacent to an activating group) is 1. The van der Waals surface area contributed by atoms with Gasteiger partial charge in [0.1, 0.15) is 5.82 Å². The van der Waals surface area contributed by atoms with Crippen LogP contribution in [-0.4, -0.2) is 26.8 Å². The van der Waals surface area contributed by atoms with E-state index in [1.807, 2.05) is 13.0 Å². The van der Waals surface area contributed by atoms with Crippen LogP contribution in [0.5, 0.6) is 0 Å². The van der Waals surface area contributed by atoms with Crippen molar-refractivity contribution in [3.63, 3.8) is 0 Å². The molecule has 0 radical (unpaired) electrons. The van der Waals surface area contributed by atoms with Crippen molar-refractivity contribution in [2.45, 2.75) is 13.0 Å². The molecule has 0 heterocycles. The van der Waals surface area contributed by atoms with Crippen LogP contribution in [0.15, 0.2) is 18.2 Å². The van der Waals surface area contributed by atoms with Gasteiger partial charge in [-0.25, -0.2) is 4.39 Å². The quantitative estimate of drug-likeness (QED) is 0.783. The summed E-state index contributed by atoms with van der Waals surface area (Å²) in [5, 5.41) is 8.63. The van der Waals surface area contributed by atoms with Crippen molar-refractivity contribution in [3.8, 4) is 6.07 Å². The number of nitriles is 1. The monoisotopic (exact) mass is 222 g/mol. The van der Waals surface area contributed by atoms with Crippen molar-refractivity contribution in [1.82, 2.24) is 0 Å². The first kappa shape index (κ1) is 12.5. The summed E-state index contributed by atoms with van der Waals surface area (Å²) < 4.78 is 18.7. The summed E-state index contributed by atoms with van der Waals surface area (Å²) in [5.74, 6) is -0.385. The normalized spacial score (nSPS) is 11.9. The fraction of sp³-hybridized carbons (Fsp3) is 0.417. The zero-order chi connectivity index (χ0) is 12.1. The lowest BCUT2D eigenvalue weighted by Gasteiger charge is -2.26. The van der Waals surface area contributed by atoms with Crippen LogP contribution in [0.4, 0.5) is 10.1 Å². The van der Waals surface area contributed by atoms with Crippen LogP contribution in [0.2, 0.25) is 0 Å². The predicted molar refractivity (Wildman–Crippen MR) is 60.9 cm³/mol. The highest BCUT2D eigenvalue weighted by Crippen LogP contribution is 2.21. The highest BCUT2D eigenvalue weighted by Gasteiger charge is 2.13. The van der Waals surface area contributed by atoms with Gasteiger partial charge in [0, 0.05) is 20.2 Å². The first-order valence-electron chi connectivity index (χ1n) is 5.01. The summed E-state index contributed by atoms with van der Waals surface area (Å²) in [6.45, 7) is 2.47. The second-order valence-corrected chi connectivity index (χ2v) is 3.69. The molecule has 86 valence electrons. The van der Waals surface area contributed by atoms with E-state index in [1.165, 1.54) is 6.07 Å². The topological polar surface area (TPSA) is 36.3 Å². The predicted octanol–water partition coefficient (Wildman–Crippen LogP) is 2.17. The summed E-state index contributed by atoms with van der Waals surface area (Å²) in [5.41, 5.74) is 0.803. The van der Waals surface area contributed by atoms with Crippen LogP contribution < -0.4 is 4.90 Å². The van der Waals surface area contributed by atoms with Gasteiger partial charge in [0.15, 0.2) is 0 Å². The van der Waals surface area contributed by atoms with E-state index in [-0.39, 0.29) is 11.9 Å². The zero-order valence-corrected chi connectivity index (χ0v) is 9.70. The van der Waals surface area contributed by atoms with E-state index >= 15 is 0 Å². The Balaban J connectivity index is 2.92. The van der Waals surface area contributed by atoms with Gasteiger partial charge in [-0.05, 0) is 25.1 Å². The maximum absolute atomic E-state index is 13.7. The summed E-state index contributed by atoms with van der Waals surface area (Å²) in [6.07, 6.45) is 0. The van der Waals surface area contributed by atoms with E-state index in [0.717, 1.165) is 0 Å². The Morgan fingerprint density at radius 3 is 2.75 bits per heavy atom. The van der Waals surface area contributed by atoms with Crippen molar-refractivity contribution in [3.05, 3.63) is 29.6 Å². The van der Waals surface area contributed by atoms with Crippen molar-refractivity contribution < 1.29 is 9.13 Å². The molecule has 16 heavy (non-hydrogen) atoms. The van der Waals surface area contributed by atoms with Crippen LogP contribution in [0.3, 0.4) is 0 Å². The minimum absolute atomic E-state index is 0.0763. The number of hydrogen-bond acceptors (Lipinski definition) is 3. The van der Waals surface area contributed by atoms with E-state index < -0.39 is 0 Å². The van der Waals surface area contributed by atoms with E-state index in [9.17, 15) is 4.39 Å². The van der Waals surface area contributed by atoms with Gasteiger partial charge < -0.3 is 9.64 Å². The Morgan fingerprint density at radius 2 is 2.25 bits per heavy atom. The molecule has 0 aliphatic heterocycles. The van der Waals surface area contributed by atoms with Gasteiger partial charge in [0.25, 0.3) is 0 Å². The molecular formula is C12H15FN2O. The van der Waals surface area contributed by atoms with Crippen molar-refractivity contribution in [2.75, 3.05) is 25.7 Å². The third-order valence-electron chi connectivity index (χ3n) is 2.53. The van der Waals surface area contributed by atoms with Gasteiger partial charge in [-0.2, -0.15) is 5.26 Å². The second-order valence-electron chi connectivity index (χ2n) is 3.69. The van der Waals surface area contributed by atoms with Crippen LogP contribution >= 0.6 is 0 Å². The average molecular weight is 222 g/mol. The van der Waals surface area contributed by atoms with Gasteiger partial charge in [0.2, 0.25) is 0 Å². The molecule has 0 N–H and O–H groups in total. The minimum Gasteiger partial charge on any atom is -0.383 e. The molecule has 0 aromatic heterocycles. The maximum atomic E-state index is 13.7. The molecular weight excluding hydrogens is 207 g/mol. The standard InChI is InChI=1S/C12H15FN2O/c1-9(8-16-3)15(2)12-5-4-10(7-14)6-11(12)13/h4-6,9H,8H2,1-3H3. The average Bonchev–Trinajstić information content (AvgIpc) is 2.28. The molecule has 0 saturated carbocycles. The van der Waals surface area contributed by atoms with Crippen LogP contribution in [0.25, 0.3) is 0 Å². The third kappa shape index (κ3) is 2.71. The van der Waals surface area contributed by atoms with E-state index in [0.29, 0.717) is 17.9 Å².